The molecule has 0 aliphatic heterocycles. The molecule has 110 valence electrons. The maximum absolute atomic E-state index is 12.3. The Hall–Kier alpha value is -1.94. The van der Waals surface area contributed by atoms with Crippen LogP contribution in [0.15, 0.2) is 54.6 Å². The number of carboxylic acid groups (broad SMARTS) is 1. The van der Waals surface area contributed by atoms with Crippen molar-refractivity contribution < 1.29 is 14.1 Å². The summed E-state index contributed by atoms with van der Waals surface area (Å²) < 4.78 is 12.3. The SMILES string of the molecule is Cc1ccccc1CS(=O)CC(C(=O)O)c1ccccc1. The molecule has 2 rings (SSSR count). The molecule has 0 bridgehead atoms. The van der Waals surface area contributed by atoms with E-state index in [0.29, 0.717) is 11.3 Å². The number of rotatable bonds is 6. The summed E-state index contributed by atoms with van der Waals surface area (Å²) in [7, 11) is -1.21. The van der Waals surface area contributed by atoms with E-state index in [2.05, 4.69) is 0 Å². The normalized spacial score (nSPS) is 13.6. The zero-order valence-corrected chi connectivity index (χ0v) is 12.7. The van der Waals surface area contributed by atoms with Crippen LogP contribution in [0, 0.1) is 6.92 Å². The minimum Gasteiger partial charge on any atom is -0.481 e. The Balaban J connectivity index is 2.10. The van der Waals surface area contributed by atoms with E-state index in [4.69, 9.17) is 0 Å². The van der Waals surface area contributed by atoms with E-state index in [1.54, 1.807) is 24.3 Å². The zero-order chi connectivity index (χ0) is 15.2. The van der Waals surface area contributed by atoms with Crippen LogP contribution in [0.1, 0.15) is 22.6 Å². The fourth-order valence-corrected chi connectivity index (χ4v) is 3.68. The number of hydrogen-bond acceptors (Lipinski definition) is 2. The number of carbonyl (C=O) groups is 1. The third kappa shape index (κ3) is 4.26. The van der Waals surface area contributed by atoms with Gasteiger partial charge in [0.05, 0.1) is 5.92 Å². The van der Waals surface area contributed by atoms with Crippen LogP contribution in [0.5, 0.6) is 0 Å². The molecule has 1 N–H and O–H groups in total. The van der Waals surface area contributed by atoms with Crippen molar-refractivity contribution in [1.82, 2.24) is 0 Å². The molecule has 0 saturated carbocycles. The molecule has 4 heteroatoms. The Morgan fingerprint density at radius 3 is 2.33 bits per heavy atom. The number of aryl methyl sites for hydroxylation is 1. The maximum atomic E-state index is 12.3. The van der Waals surface area contributed by atoms with Crippen molar-refractivity contribution >= 4 is 16.8 Å². The lowest BCUT2D eigenvalue weighted by Crippen LogP contribution is -2.19. The highest BCUT2D eigenvalue weighted by Crippen LogP contribution is 2.19. The standard InChI is InChI=1S/C17H18O3S/c1-13-7-5-6-10-15(13)11-21(20)12-16(17(18)19)14-8-3-2-4-9-14/h2-10,16H,11-12H2,1H3,(H,18,19). The molecule has 0 aromatic heterocycles. The first-order valence-corrected chi connectivity index (χ1v) is 8.24. The largest absolute Gasteiger partial charge is 0.481 e. The number of benzene rings is 2. The minimum absolute atomic E-state index is 0.133. The van der Waals surface area contributed by atoms with Gasteiger partial charge in [-0.2, -0.15) is 0 Å². The monoisotopic (exact) mass is 302 g/mol. The Morgan fingerprint density at radius 1 is 1.10 bits per heavy atom. The molecule has 3 nitrogen and oxygen atoms in total. The molecule has 21 heavy (non-hydrogen) atoms. The summed E-state index contributed by atoms with van der Waals surface area (Å²) in [6.07, 6.45) is 0. The summed E-state index contributed by atoms with van der Waals surface area (Å²) in [4.78, 5) is 11.4. The zero-order valence-electron chi connectivity index (χ0n) is 11.9. The second-order valence-electron chi connectivity index (χ2n) is 4.98. The minimum atomic E-state index is -1.21. The van der Waals surface area contributed by atoms with Gasteiger partial charge in [-0.15, -0.1) is 0 Å². The Bertz CT molecular complexity index is 637. The first-order valence-electron chi connectivity index (χ1n) is 6.75. The fraction of sp³-hybridized carbons (Fsp3) is 0.235. The van der Waals surface area contributed by atoms with Gasteiger partial charge in [0, 0.05) is 22.3 Å². The lowest BCUT2D eigenvalue weighted by Gasteiger charge is -2.13. The molecule has 0 heterocycles. The van der Waals surface area contributed by atoms with Crippen LogP contribution in [0.25, 0.3) is 0 Å². The van der Waals surface area contributed by atoms with Crippen molar-refractivity contribution in [1.29, 1.82) is 0 Å². The Kier molecular flexibility index (Phi) is 5.28. The van der Waals surface area contributed by atoms with E-state index in [1.165, 1.54) is 0 Å². The van der Waals surface area contributed by atoms with Crippen molar-refractivity contribution in [2.45, 2.75) is 18.6 Å². The van der Waals surface area contributed by atoms with Crippen molar-refractivity contribution in [2.75, 3.05) is 5.75 Å². The van der Waals surface area contributed by atoms with E-state index >= 15 is 0 Å². The van der Waals surface area contributed by atoms with Crippen molar-refractivity contribution in [3.63, 3.8) is 0 Å². The number of aliphatic carboxylic acids is 1. The van der Waals surface area contributed by atoms with E-state index < -0.39 is 22.7 Å². The molecule has 0 saturated heterocycles. The summed E-state index contributed by atoms with van der Waals surface area (Å²) in [5.41, 5.74) is 2.79. The van der Waals surface area contributed by atoms with Gasteiger partial charge in [0.25, 0.3) is 0 Å². The van der Waals surface area contributed by atoms with Gasteiger partial charge >= 0.3 is 5.97 Å². The summed E-state index contributed by atoms with van der Waals surface area (Å²) in [5.74, 6) is -1.13. The first kappa shape index (κ1) is 15.4. The molecular formula is C17H18O3S. The van der Waals surface area contributed by atoms with Crippen molar-refractivity contribution in [2.24, 2.45) is 0 Å². The topological polar surface area (TPSA) is 54.4 Å². The van der Waals surface area contributed by atoms with Crippen molar-refractivity contribution in [3.8, 4) is 0 Å². The van der Waals surface area contributed by atoms with Crippen LogP contribution in [0.4, 0.5) is 0 Å². The summed E-state index contributed by atoms with van der Waals surface area (Å²) >= 11 is 0. The lowest BCUT2D eigenvalue weighted by molar-refractivity contribution is -0.138. The highest BCUT2D eigenvalue weighted by Gasteiger charge is 2.22. The van der Waals surface area contributed by atoms with Gasteiger partial charge < -0.3 is 5.11 Å². The van der Waals surface area contributed by atoms with Gasteiger partial charge in [-0.1, -0.05) is 54.6 Å². The van der Waals surface area contributed by atoms with Crippen LogP contribution in [-0.4, -0.2) is 21.0 Å². The molecular weight excluding hydrogens is 284 g/mol. The second-order valence-corrected chi connectivity index (χ2v) is 6.48. The third-order valence-electron chi connectivity index (χ3n) is 3.43. The fourth-order valence-electron chi connectivity index (χ4n) is 2.19. The molecule has 0 radical (unpaired) electrons. The molecule has 2 aromatic carbocycles. The molecule has 0 fully saturated rings. The molecule has 0 amide bonds. The second kappa shape index (κ2) is 7.18. The van der Waals surface area contributed by atoms with Crippen LogP contribution in [0.3, 0.4) is 0 Å². The lowest BCUT2D eigenvalue weighted by atomic mass is 10.0. The number of hydrogen-bond donors (Lipinski definition) is 1. The van der Waals surface area contributed by atoms with Gasteiger partial charge in [-0.05, 0) is 23.6 Å². The predicted molar refractivity (Wildman–Crippen MR) is 84.7 cm³/mol. The summed E-state index contributed by atoms with van der Waals surface area (Å²) in [6, 6.07) is 16.7. The van der Waals surface area contributed by atoms with Crippen LogP contribution < -0.4 is 0 Å². The Morgan fingerprint density at radius 2 is 1.71 bits per heavy atom. The third-order valence-corrected chi connectivity index (χ3v) is 4.77. The molecule has 2 unspecified atom stereocenters. The van der Waals surface area contributed by atoms with E-state index in [-0.39, 0.29) is 5.75 Å². The molecule has 0 aliphatic rings. The molecule has 2 aromatic rings. The van der Waals surface area contributed by atoms with Gasteiger partial charge in [0.1, 0.15) is 0 Å². The highest BCUT2D eigenvalue weighted by atomic mass is 32.2. The van der Waals surface area contributed by atoms with E-state index in [9.17, 15) is 14.1 Å². The van der Waals surface area contributed by atoms with Gasteiger partial charge in [-0.25, -0.2) is 0 Å². The quantitative estimate of drug-likeness (QED) is 0.892. The summed E-state index contributed by atoms with van der Waals surface area (Å²) in [6.45, 7) is 1.97. The van der Waals surface area contributed by atoms with Crippen LogP contribution in [-0.2, 0) is 21.3 Å². The van der Waals surface area contributed by atoms with Gasteiger partial charge in [0.2, 0.25) is 0 Å². The maximum Gasteiger partial charge on any atom is 0.311 e. The van der Waals surface area contributed by atoms with Crippen LogP contribution >= 0.6 is 0 Å². The van der Waals surface area contributed by atoms with Gasteiger partial charge in [0.15, 0.2) is 0 Å². The molecule has 0 aliphatic carbocycles. The van der Waals surface area contributed by atoms with E-state index in [0.717, 1.165) is 11.1 Å². The average Bonchev–Trinajstić information content (AvgIpc) is 2.48. The van der Waals surface area contributed by atoms with Gasteiger partial charge in [-0.3, -0.25) is 9.00 Å². The van der Waals surface area contributed by atoms with E-state index in [1.807, 2.05) is 37.3 Å². The predicted octanol–water partition coefficient (Wildman–Crippen LogP) is 3.11. The molecule has 0 spiro atoms. The first-order chi connectivity index (χ1) is 10.1. The highest BCUT2D eigenvalue weighted by molar-refractivity contribution is 7.84. The van der Waals surface area contributed by atoms with Crippen molar-refractivity contribution in [3.05, 3.63) is 71.3 Å². The molecule has 2 atom stereocenters. The Labute approximate surface area is 127 Å². The average molecular weight is 302 g/mol. The summed E-state index contributed by atoms with van der Waals surface area (Å²) in [5, 5.41) is 9.36. The smallest absolute Gasteiger partial charge is 0.311 e. The number of carboxylic acids is 1. The van der Waals surface area contributed by atoms with Crippen LogP contribution in [0.2, 0.25) is 0 Å².